The number of amides is 1. The number of thiazole rings is 1. The first-order chi connectivity index (χ1) is 13.4. The minimum absolute atomic E-state index is 0.233. The third-order valence-electron chi connectivity index (χ3n) is 3.97. The average molecular weight is 415 g/mol. The summed E-state index contributed by atoms with van der Waals surface area (Å²) in [6, 6.07) is 10.2. The molecule has 0 radical (unpaired) electrons. The summed E-state index contributed by atoms with van der Waals surface area (Å²) in [6.07, 6.45) is 0. The summed E-state index contributed by atoms with van der Waals surface area (Å²) in [4.78, 5) is 28.9. The van der Waals surface area contributed by atoms with Crippen molar-refractivity contribution in [2.45, 2.75) is 20.4 Å². The Morgan fingerprint density at radius 3 is 2.75 bits per heavy atom. The molecule has 4 rings (SSSR count). The van der Waals surface area contributed by atoms with Crippen LogP contribution in [0.5, 0.6) is 0 Å². The van der Waals surface area contributed by atoms with Crippen LogP contribution in [0.3, 0.4) is 0 Å². The van der Waals surface area contributed by atoms with E-state index in [2.05, 4.69) is 20.5 Å². The number of nitrogens with one attached hydrogen (secondary N) is 1. The summed E-state index contributed by atoms with van der Waals surface area (Å²) in [5, 5.41) is 12.4. The van der Waals surface area contributed by atoms with Crippen molar-refractivity contribution >= 4 is 44.2 Å². The molecule has 0 unspecified atom stereocenters. The monoisotopic (exact) mass is 414 g/mol. The fourth-order valence-electron chi connectivity index (χ4n) is 2.77. The van der Waals surface area contributed by atoms with Crippen molar-refractivity contribution in [2.24, 2.45) is 0 Å². The number of halogens is 1. The lowest BCUT2D eigenvalue weighted by molar-refractivity contribution is -0.117. The molecule has 1 N–H and O–H groups in total. The van der Waals surface area contributed by atoms with Gasteiger partial charge in [-0.05, 0) is 44.2 Å². The number of nitrogens with zero attached hydrogens (tertiary/aromatic N) is 5. The van der Waals surface area contributed by atoms with Crippen LogP contribution in [0.1, 0.15) is 11.4 Å². The summed E-state index contributed by atoms with van der Waals surface area (Å²) in [7, 11) is 0. The van der Waals surface area contributed by atoms with Crippen molar-refractivity contribution in [3.63, 3.8) is 0 Å². The van der Waals surface area contributed by atoms with Crippen LogP contribution in [0.25, 0.3) is 16.0 Å². The Labute approximate surface area is 168 Å². The van der Waals surface area contributed by atoms with Gasteiger partial charge in [-0.1, -0.05) is 22.9 Å². The van der Waals surface area contributed by atoms with E-state index < -0.39 is 5.91 Å². The van der Waals surface area contributed by atoms with Crippen LogP contribution in [0.4, 0.5) is 5.13 Å². The highest BCUT2D eigenvalue weighted by molar-refractivity contribution is 7.22. The molecular formula is C18H15ClN6O2S. The Bertz CT molecular complexity index is 1260. The van der Waals surface area contributed by atoms with E-state index in [0.717, 1.165) is 26.3 Å². The van der Waals surface area contributed by atoms with Crippen LogP contribution in [-0.4, -0.2) is 30.5 Å². The van der Waals surface area contributed by atoms with Gasteiger partial charge in [-0.3, -0.25) is 9.59 Å². The number of carbonyl (C=O) groups excluding carboxylic acids is 1. The van der Waals surface area contributed by atoms with Crippen molar-refractivity contribution < 1.29 is 4.79 Å². The second kappa shape index (κ2) is 7.17. The van der Waals surface area contributed by atoms with E-state index in [1.165, 1.54) is 17.4 Å². The second-order valence-corrected chi connectivity index (χ2v) is 7.67. The van der Waals surface area contributed by atoms with Gasteiger partial charge in [0.25, 0.3) is 5.56 Å². The van der Waals surface area contributed by atoms with Gasteiger partial charge in [0.05, 0.1) is 15.9 Å². The van der Waals surface area contributed by atoms with Crippen LogP contribution in [-0.2, 0) is 11.3 Å². The molecule has 10 heteroatoms. The fourth-order valence-corrected chi connectivity index (χ4v) is 3.93. The van der Waals surface area contributed by atoms with Gasteiger partial charge in [0.1, 0.15) is 6.54 Å². The van der Waals surface area contributed by atoms with Gasteiger partial charge in [0.15, 0.2) is 10.9 Å². The minimum Gasteiger partial charge on any atom is -0.300 e. The van der Waals surface area contributed by atoms with Gasteiger partial charge >= 0.3 is 0 Å². The molecule has 3 heterocycles. The molecule has 1 amide bonds. The topological polar surface area (TPSA) is 94.7 Å². The van der Waals surface area contributed by atoms with Crippen molar-refractivity contribution in [1.29, 1.82) is 0 Å². The highest BCUT2D eigenvalue weighted by Crippen LogP contribution is 2.28. The maximum atomic E-state index is 12.4. The van der Waals surface area contributed by atoms with Gasteiger partial charge < -0.3 is 5.32 Å². The third-order valence-corrected chi connectivity index (χ3v) is 5.14. The van der Waals surface area contributed by atoms with Crippen LogP contribution in [0.2, 0.25) is 5.02 Å². The van der Waals surface area contributed by atoms with Crippen LogP contribution >= 0.6 is 22.9 Å². The predicted molar refractivity (Wildman–Crippen MR) is 108 cm³/mol. The first-order valence-electron chi connectivity index (χ1n) is 8.37. The second-order valence-electron chi connectivity index (χ2n) is 6.21. The molecule has 0 aliphatic rings. The number of aromatic nitrogens is 5. The van der Waals surface area contributed by atoms with Gasteiger partial charge in [0.2, 0.25) is 5.91 Å². The Hall–Kier alpha value is -3.04. The number of carbonyl (C=O) groups is 1. The number of aryl methyl sites for hydroxylation is 2. The first kappa shape index (κ1) is 18.3. The van der Waals surface area contributed by atoms with E-state index in [-0.39, 0.29) is 12.1 Å². The smallest absolute Gasteiger partial charge is 0.267 e. The number of hydrogen-bond donors (Lipinski definition) is 1. The van der Waals surface area contributed by atoms with E-state index in [9.17, 15) is 9.59 Å². The molecule has 0 aliphatic carbocycles. The Morgan fingerprint density at radius 2 is 2.00 bits per heavy atom. The Kier molecular flexibility index (Phi) is 4.70. The van der Waals surface area contributed by atoms with Crippen molar-refractivity contribution in [3.05, 3.63) is 63.2 Å². The van der Waals surface area contributed by atoms with Crippen LogP contribution in [0, 0.1) is 13.8 Å². The minimum atomic E-state index is -0.398. The summed E-state index contributed by atoms with van der Waals surface area (Å²) < 4.78 is 3.59. The van der Waals surface area contributed by atoms with Crippen molar-refractivity contribution in [1.82, 2.24) is 24.5 Å². The predicted octanol–water partition coefficient (Wildman–Crippen LogP) is 2.95. The summed E-state index contributed by atoms with van der Waals surface area (Å²) in [5.41, 5.74) is 2.08. The lowest BCUT2D eigenvalue weighted by Crippen LogP contribution is -2.30. The SMILES string of the molecule is Cc1cc(C)n(-c2ccc(=O)n(CC(=O)Nc3nc4ccc(Cl)cc4s3)n2)n1. The van der Waals surface area contributed by atoms with Gasteiger partial charge in [-0.15, -0.1) is 5.10 Å². The van der Waals surface area contributed by atoms with Crippen molar-refractivity contribution in [2.75, 3.05) is 5.32 Å². The molecule has 3 aromatic heterocycles. The highest BCUT2D eigenvalue weighted by Gasteiger charge is 2.12. The third kappa shape index (κ3) is 3.67. The van der Waals surface area contributed by atoms with Gasteiger partial charge in [0, 0.05) is 16.8 Å². The molecule has 0 saturated heterocycles. The number of anilines is 1. The molecule has 0 spiro atoms. The average Bonchev–Trinajstić information content (AvgIpc) is 3.18. The normalized spacial score (nSPS) is 11.1. The molecule has 1 aromatic carbocycles. The van der Waals surface area contributed by atoms with Gasteiger partial charge in [-0.25, -0.2) is 14.3 Å². The van der Waals surface area contributed by atoms with E-state index >= 15 is 0 Å². The summed E-state index contributed by atoms with van der Waals surface area (Å²) >= 11 is 7.28. The molecule has 0 bridgehead atoms. The number of benzene rings is 1. The zero-order chi connectivity index (χ0) is 19.8. The molecule has 0 atom stereocenters. The van der Waals surface area contributed by atoms with Crippen LogP contribution in [0.15, 0.2) is 41.2 Å². The number of fused-ring (bicyclic) bond motifs is 1. The number of rotatable bonds is 4. The quantitative estimate of drug-likeness (QED) is 0.554. The van der Waals surface area contributed by atoms with Crippen molar-refractivity contribution in [3.8, 4) is 5.82 Å². The standard InChI is InChI=1S/C18H15ClN6O2S/c1-10-7-11(2)25(22-10)15-5-6-17(27)24(23-15)9-16(26)21-18-20-13-4-3-12(19)8-14(13)28-18/h3-8H,9H2,1-2H3,(H,20,21,26). The van der Waals surface area contributed by atoms with E-state index in [1.54, 1.807) is 28.9 Å². The molecule has 0 fully saturated rings. The zero-order valence-corrected chi connectivity index (χ0v) is 16.6. The molecule has 8 nitrogen and oxygen atoms in total. The summed E-state index contributed by atoms with van der Waals surface area (Å²) in [5.74, 6) is 0.0675. The van der Waals surface area contributed by atoms with E-state index in [1.807, 2.05) is 19.9 Å². The molecule has 0 aliphatic heterocycles. The lowest BCUT2D eigenvalue weighted by atomic mass is 10.3. The summed E-state index contributed by atoms with van der Waals surface area (Å²) in [6.45, 7) is 3.53. The molecule has 28 heavy (non-hydrogen) atoms. The van der Waals surface area contributed by atoms with E-state index in [0.29, 0.717) is 16.0 Å². The van der Waals surface area contributed by atoms with Crippen LogP contribution < -0.4 is 10.9 Å². The maximum Gasteiger partial charge on any atom is 0.267 e. The Balaban J connectivity index is 1.56. The lowest BCUT2D eigenvalue weighted by Gasteiger charge is -2.08. The van der Waals surface area contributed by atoms with E-state index in [4.69, 9.17) is 11.6 Å². The fraction of sp³-hybridized carbons (Fsp3) is 0.167. The highest BCUT2D eigenvalue weighted by atomic mass is 35.5. The largest absolute Gasteiger partial charge is 0.300 e. The Morgan fingerprint density at radius 1 is 1.18 bits per heavy atom. The maximum absolute atomic E-state index is 12.4. The molecule has 142 valence electrons. The van der Waals surface area contributed by atoms with Gasteiger partial charge in [-0.2, -0.15) is 5.10 Å². The molecule has 0 saturated carbocycles. The number of hydrogen-bond acceptors (Lipinski definition) is 6. The first-order valence-corrected chi connectivity index (χ1v) is 9.56. The molecular weight excluding hydrogens is 400 g/mol. The molecule has 4 aromatic rings. The zero-order valence-electron chi connectivity index (χ0n) is 15.0.